The molecule has 100 valence electrons. The van der Waals surface area contributed by atoms with Gasteiger partial charge >= 0.3 is 0 Å². The summed E-state index contributed by atoms with van der Waals surface area (Å²) < 4.78 is 19.3. The van der Waals surface area contributed by atoms with Crippen molar-refractivity contribution in [2.45, 2.75) is 18.6 Å². The first-order valence-electron chi connectivity index (χ1n) is 6.06. The van der Waals surface area contributed by atoms with Crippen LogP contribution in [0, 0.1) is 5.82 Å². The topological polar surface area (TPSA) is 38.5 Å². The van der Waals surface area contributed by atoms with Crippen LogP contribution in [-0.2, 0) is 11.2 Å². The molecule has 0 spiro atoms. The van der Waals surface area contributed by atoms with Crippen LogP contribution in [0.1, 0.15) is 5.56 Å². The Bertz CT molecular complexity index is 416. The van der Waals surface area contributed by atoms with E-state index >= 15 is 0 Å². The molecule has 0 amide bonds. The van der Waals surface area contributed by atoms with E-state index in [1.807, 2.05) is 7.05 Å². The summed E-state index contributed by atoms with van der Waals surface area (Å²) >= 11 is 5.72. The Morgan fingerprint density at radius 1 is 1.61 bits per heavy atom. The molecule has 1 saturated heterocycles. The van der Waals surface area contributed by atoms with Gasteiger partial charge in [-0.1, -0.05) is 17.7 Å². The molecule has 1 fully saturated rings. The first-order valence-corrected chi connectivity index (χ1v) is 6.43. The van der Waals surface area contributed by atoms with Gasteiger partial charge < -0.3 is 15.4 Å². The van der Waals surface area contributed by atoms with Gasteiger partial charge in [-0.2, -0.15) is 0 Å². The van der Waals surface area contributed by atoms with E-state index in [-0.39, 0.29) is 18.0 Å². The maximum Gasteiger partial charge on any atom is 0.127 e. The molecule has 2 N–H and O–H groups in total. The van der Waals surface area contributed by atoms with Crippen LogP contribution in [0.15, 0.2) is 18.2 Å². The monoisotopic (exact) mass is 272 g/mol. The fraction of sp³-hybridized carbons (Fsp3) is 0.538. The van der Waals surface area contributed by atoms with Crippen molar-refractivity contribution in [2.24, 2.45) is 5.73 Å². The second-order valence-corrected chi connectivity index (χ2v) is 5.21. The molecular weight excluding hydrogens is 255 g/mol. The lowest BCUT2D eigenvalue weighted by atomic mass is 10.0. The van der Waals surface area contributed by atoms with Gasteiger partial charge in [0, 0.05) is 24.2 Å². The van der Waals surface area contributed by atoms with E-state index in [0.717, 1.165) is 13.1 Å². The van der Waals surface area contributed by atoms with Crippen molar-refractivity contribution in [3.63, 3.8) is 0 Å². The number of rotatable bonds is 3. The Balaban J connectivity index is 1.99. The predicted molar refractivity (Wildman–Crippen MR) is 70.3 cm³/mol. The van der Waals surface area contributed by atoms with E-state index in [1.54, 1.807) is 12.1 Å². The number of hydrogen-bond donors (Lipinski definition) is 1. The van der Waals surface area contributed by atoms with E-state index < -0.39 is 0 Å². The third-order valence-electron chi connectivity index (χ3n) is 3.24. The SMILES string of the molecule is CN1CCOC(C(N)Cc2ccc(Cl)cc2F)C1. The van der Waals surface area contributed by atoms with E-state index in [2.05, 4.69) is 4.90 Å². The van der Waals surface area contributed by atoms with Gasteiger partial charge in [-0.25, -0.2) is 4.39 Å². The summed E-state index contributed by atoms with van der Waals surface area (Å²) in [7, 11) is 2.03. The van der Waals surface area contributed by atoms with Gasteiger partial charge in [0.25, 0.3) is 0 Å². The molecule has 1 aliphatic rings. The van der Waals surface area contributed by atoms with Gasteiger partial charge in [-0.3, -0.25) is 0 Å². The zero-order valence-corrected chi connectivity index (χ0v) is 11.2. The molecule has 5 heteroatoms. The van der Waals surface area contributed by atoms with Crippen LogP contribution in [0.2, 0.25) is 5.02 Å². The van der Waals surface area contributed by atoms with Crippen molar-refractivity contribution in [3.8, 4) is 0 Å². The minimum atomic E-state index is -0.304. The summed E-state index contributed by atoms with van der Waals surface area (Å²) in [6.45, 7) is 2.38. The van der Waals surface area contributed by atoms with Gasteiger partial charge in [-0.05, 0) is 31.2 Å². The summed E-state index contributed by atoms with van der Waals surface area (Å²) in [6, 6.07) is 4.48. The molecule has 0 radical (unpaired) electrons. The van der Waals surface area contributed by atoms with Crippen molar-refractivity contribution < 1.29 is 9.13 Å². The van der Waals surface area contributed by atoms with E-state index in [4.69, 9.17) is 22.1 Å². The van der Waals surface area contributed by atoms with Crippen LogP contribution in [0.5, 0.6) is 0 Å². The fourth-order valence-electron chi connectivity index (χ4n) is 2.14. The van der Waals surface area contributed by atoms with Gasteiger partial charge in [0.1, 0.15) is 5.82 Å². The lowest BCUT2D eigenvalue weighted by molar-refractivity contribution is -0.0320. The number of nitrogens with zero attached hydrogens (tertiary/aromatic N) is 1. The zero-order chi connectivity index (χ0) is 13.1. The van der Waals surface area contributed by atoms with E-state index in [1.165, 1.54) is 6.07 Å². The second kappa shape index (κ2) is 5.97. The molecule has 2 unspecified atom stereocenters. The standard InChI is InChI=1S/C13H18ClFN2O/c1-17-4-5-18-13(8-17)12(16)6-9-2-3-10(14)7-11(9)15/h2-3,7,12-13H,4-6,8,16H2,1H3. The largest absolute Gasteiger partial charge is 0.374 e. The van der Waals surface area contributed by atoms with Crippen molar-refractivity contribution in [1.29, 1.82) is 0 Å². The van der Waals surface area contributed by atoms with Crippen molar-refractivity contribution >= 4 is 11.6 Å². The van der Waals surface area contributed by atoms with Crippen molar-refractivity contribution in [2.75, 3.05) is 26.7 Å². The Hall–Kier alpha value is -0.680. The van der Waals surface area contributed by atoms with Crippen molar-refractivity contribution in [3.05, 3.63) is 34.6 Å². The predicted octanol–water partition coefficient (Wildman–Crippen LogP) is 1.68. The van der Waals surface area contributed by atoms with Gasteiger partial charge in [0.15, 0.2) is 0 Å². The second-order valence-electron chi connectivity index (χ2n) is 4.78. The summed E-state index contributed by atoms with van der Waals surface area (Å²) in [4.78, 5) is 2.17. The number of ether oxygens (including phenoxy) is 1. The van der Waals surface area contributed by atoms with E-state index in [9.17, 15) is 4.39 Å². The lowest BCUT2D eigenvalue weighted by Gasteiger charge is -2.33. The van der Waals surface area contributed by atoms with Crippen molar-refractivity contribution in [1.82, 2.24) is 4.90 Å². The smallest absolute Gasteiger partial charge is 0.127 e. The maximum atomic E-state index is 13.7. The first kappa shape index (κ1) is 13.7. The number of benzene rings is 1. The highest BCUT2D eigenvalue weighted by Crippen LogP contribution is 2.17. The number of hydrogen-bond acceptors (Lipinski definition) is 3. The Labute approximate surface area is 112 Å². The molecule has 1 aromatic rings. The summed E-state index contributed by atoms with van der Waals surface area (Å²) in [5.74, 6) is -0.304. The molecule has 1 heterocycles. The highest BCUT2D eigenvalue weighted by Gasteiger charge is 2.24. The number of likely N-dealkylation sites (N-methyl/N-ethyl adjacent to an activating group) is 1. The highest BCUT2D eigenvalue weighted by molar-refractivity contribution is 6.30. The maximum absolute atomic E-state index is 13.7. The average Bonchev–Trinajstić information content (AvgIpc) is 2.32. The van der Waals surface area contributed by atoms with Crippen LogP contribution in [0.25, 0.3) is 0 Å². The van der Waals surface area contributed by atoms with Crippen LogP contribution < -0.4 is 5.73 Å². The quantitative estimate of drug-likeness (QED) is 0.910. The molecule has 0 saturated carbocycles. The number of morpholine rings is 1. The molecule has 2 rings (SSSR count). The Morgan fingerprint density at radius 3 is 3.06 bits per heavy atom. The first-order chi connectivity index (χ1) is 8.56. The summed E-state index contributed by atoms with van der Waals surface area (Å²) in [5.41, 5.74) is 6.69. The molecule has 0 aliphatic carbocycles. The number of nitrogens with two attached hydrogens (primary N) is 1. The van der Waals surface area contributed by atoms with Crippen LogP contribution in [0.3, 0.4) is 0 Å². The van der Waals surface area contributed by atoms with Crippen LogP contribution >= 0.6 is 11.6 Å². The molecule has 2 atom stereocenters. The molecule has 18 heavy (non-hydrogen) atoms. The molecule has 3 nitrogen and oxygen atoms in total. The lowest BCUT2D eigenvalue weighted by Crippen LogP contribution is -2.50. The Morgan fingerprint density at radius 2 is 2.39 bits per heavy atom. The molecule has 1 aromatic carbocycles. The van der Waals surface area contributed by atoms with Crippen LogP contribution in [0.4, 0.5) is 4.39 Å². The third kappa shape index (κ3) is 3.42. The summed E-state index contributed by atoms with van der Waals surface area (Å²) in [5, 5.41) is 0.401. The molecule has 0 bridgehead atoms. The zero-order valence-electron chi connectivity index (χ0n) is 10.4. The molecule has 1 aliphatic heterocycles. The molecule has 0 aromatic heterocycles. The number of halogens is 2. The fourth-order valence-corrected chi connectivity index (χ4v) is 2.30. The third-order valence-corrected chi connectivity index (χ3v) is 3.48. The van der Waals surface area contributed by atoms with Gasteiger partial charge in [0.05, 0.1) is 12.7 Å². The minimum absolute atomic E-state index is 0.0428. The summed E-state index contributed by atoms with van der Waals surface area (Å²) in [6.07, 6.45) is 0.417. The normalized spacial score (nSPS) is 23.0. The minimum Gasteiger partial charge on any atom is -0.374 e. The Kier molecular flexibility index (Phi) is 4.56. The highest BCUT2D eigenvalue weighted by atomic mass is 35.5. The van der Waals surface area contributed by atoms with Crippen LogP contribution in [-0.4, -0.2) is 43.8 Å². The van der Waals surface area contributed by atoms with E-state index in [0.29, 0.717) is 23.6 Å². The average molecular weight is 273 g/mol. The van der Waals surface area contributed by atoms with Gasteiger partial charge in [-0.15, -0.1) is 0 Å². The molecular formula is C13H18ClFN2O. The van der Waals surface area contributed by atoms with Gasteiger partial charge in [0.2, 0.25) is 0 Å².